The molecule has 11 heavy (non-hydrogen) atoms. The minimum absolute atomic E-state index is 0.939. The monoisotopic (exact) mass is 171 g/mol. The molecule has 0 bridgehead atoms. The van der Waals surface area contributed by atoms with Gasteiger partial charge in [-0.2, -0.15) is 11.8 Å². The molecule has 1 N–H and O–H groups in total. The van der Waals surface area contributed by atoms with Gasteiger partial charge in [0.1, 0.15) is 0 Å². The highest BCUT2D eigenvalue weighted by Crippen LogP contribution is 2.28. The average molecular weight is 171 g/mol. The summed E-state index contributed by atoms with van der Waals surface area (Å²) in [4.78, 5) is 0. The van der Waals surface area contributed by atoms with E-state index in [2.05, 4.69) is 17.1 Å². The van der Waals surface area contributed by atoms with E-state index in [1.54, 1.807) is 0 Å². The van der Waals surface area contributed by atoms with Gasteiger partial charge in [0, 0.05) is 11.8 Å². The Labute approximate surface area is 73.3 Å². The Kier molecular flexibility index (Phi) is 2.75. The molecule has 2 heteroatoms. The van der Waals surface area contributed by atoms with Gasteiger partial charge in [-0.1, -0.05) is 0 Å². The lowest BCUT2D eigenvalue weighted by Crippen LogP contribution is -2.24. The van der Waals surface area contributed by atoms with Crippen molar-refractivity contribution in [3.8, 4) is 0 Å². The summed E-state index contributed by atoms with van der Waals surface area (Å²) in [5.74, 6) is 2.44. The molecule has 1 atom stereocenters. The number of nitrogens with one attached hydrogen (secondary N) is 1. The zero-order valence-electron chi connectivity index (χ0n) is 7.01. The van der Waals surface area contributed by atoms with Crippen LogP contribution in [0.3, 0.4) is 0 Å². The second kappa shape index (κ2) is 3.81. The summed E-state index contributed by atoms with van der Waals surface area (Å²) in [6.07, 6.45) is 5.85. The van der Waals surface area contributed by atoms with Gasteiger partial charge in [-0.3, -0.25) is 0 Å². The fourth-order valence-electron chi connectivity index (χ4n) is 1.58. The van der Waals surface area contributed by atoms with Crippen molar-refractivity contribution in [2.45, 2.75) is 30.9 Å². The summed E-state index contributed by atoms with van der Waals surface area (Å²) in [5, 5.41) is 4.51. The van der Waals surface area contributed by atoms with Gasteiger partial charge in [0.15, 0.2) is 0 Å². The zero-order valence-corrected chi connectivity index (χ0v) is 7.83. The standard InChI is InChI=1S/C9H17NS/c1-2-9(11-5-1)7-10-6-8-3-4-8/h8-10H,1-7H2. The molecule has 0 aromatic rings. The van der Waals surface area contributed by atoms with E-state index in [1.807, 2.05) is 0 Å². The van der Waals surface area contributed by atoms with Gasteiger partial charge in [-0.25, -0.2) is 0 Å². The largest absolute Gasteiger partial charge is 0.315 e. The number of thioether (sulfide) groups is 1. The molecule has 0 aromatic heterocycles. The molecule has 0 radical (unpaired) electrons. The summed E-state index contributed by atoms with van der Waals surface area (Å²) in [5.41, 5.74) is 0. The van der Waals surface area contributed by atoms with Crippen molar-refractivity contribution in [1.29, 1.82) is 0 Å². The zero-order chi connectivity index (χ0) is 7.52. The van der Waals surface area contributed by atoms with Gasteiger partial charge in [-0.15, -0.1) is 0 Å². The minimum Gasteiger partial charge on any atom is -0.315 e. The predicted molar refractivity (Wildman–Crippen MR) is 51.1 cm³/mol. The molecule has 64 valence electrons. The topological polar surface area (TPSA) is 12.0 Å². The van der Waals surface area contributed by atoms with E-state index in [0.717, 1.165) is 11.2 Å². The smallest absolute Gasteiger partial charge is 0.0172 e. The third kappa shape index (κ3) is 2.68. The number of hydrogen-bond acceptors (Lipinski definition) is 2. The molecular weight excluding hydrogens is 154 g/mol. The van der Waals surface area contributed by atoms with Crippen molar-refractivity contribution in [2.24, 2.45) is 5.92 Å². The van der Waals surface area contributed by atoms with Crippen LogP contribution in [0.4, 0.5) is 0 Å². The van der Waals surface area contributed by atoms with E-state index in [0.29, 0.717) is 0 Å². The van der Waals surface area contributed by atoms with Crippen LogP contribution < -0.4 is 5.32 Å². The van der Waals surface area contributed by atoms with Gasteiger partial charge >= 0.3 is 0 Å². The van der Waals surface area contributed by atoms with Crippen LogP contribution in [0.5, 0.6) is 0 Å². The Bertz CT molecular complexity index is 117. The summed E-state index contributed by atoms with van der Waals surface area (Å²) < 4.78 is 0. The molecule has 2 aliphatic rings. The lowest BCUT2D eigenvalue weighted by atomic mass is 10.2. The normalized spacial score (nSPS) is 31.1. The molecule has 0 aromatic carbocycles. The first-order valence-electron chi connectivity index (χ1n) is 4.77. The first-order valence-corrected chi connectivity index (χ1v) is 5.82. The van der Waals surface area contributed by atoms with Gasteiger partial charge in [0.2, 0.25) is 0 Å². The molecule has 1 saturated heterocycles. The molecule has 1 nitrogen and oxygen atoms in total. The fourth-order valence-corrected chi connectivity index (χ4v) is 2.81. The molecule has 1 aliphatic heterocycles. The second-order valence-corrected chi connectivity index (χ2v) is 5.14. The van der Waals surface area contributed by atoms with E-state index in [-0.39, 0.29) is 0 Å². The van der Waals surface area contributed by atoms with Crippen LogP contribution in [0.15, 0.2) is 0 Å². The molecule has 1 unspecified atom stereocenters. The van der Waals surface area contributed by atoms with Crippen molar-refractivity contribution < 1.29 is 0 Å². The highest BCUT2D eigenvalue weighted by Gasteiger charge is 2.21. The predicted octanol–water partition coefficient (Wildman–Crippen LogP) is 1.88. The third-order valence-electron chi connectivity index (χ3n) is 2.53. The van der Waals surface area contributed by atoms with Crippen LogP contribution in [0.1, 0.15) is 25.7 Å². The minimum atomic E-state index is 0.939. The van der Waals surface area contributed by atoms with Crippen LogP contribution in [-0.2, 0) is 0 Å². The summed E-state index contributed by atoms with van der Waals surface area (Å²) in [6.45, 7) is 2.55. The maximum Gasteiger partial charge on any atom is 0.0172 e. The van der Waals surface area contributed by atoms with Crippen molar-refractivity contribution in [3.63, 3.8) is 0 Å². The van der Waals surface area contributed by atoms with Gasteiger partial charge < -0.3 is 5.32 Å². The Morgan fingerprint density at radius 1 is 1.18 bits per heavy atom. The lowest BCUT2D eigenvalue weighted by Gasteiger charge is -2.08. The Balaban J connectivity index is 1.51. The molecule has 2 fully saturated rings. The van der Waals surface area contributed by atoms with Crippen LogP contribution >= 0.6 is 11.8 Å². The van der Waals surface area contributed by atoms with E-state index < -0.39 is 0 Å². The quantitative estimate of drug-likeness (QED) is 0.693. The van der Waals surface area contributed by atoms with Crippen LogP contribution in [0, 0.1) is 5.92 Å². The molecule has 2 rings (SSSR count). The van der Waals surface area contributed by atoms with Crippen LogP contribution in [0.25, 0.3) is 0 Å². The van der Waals surface area contributed by atoms with E-state index in [4.69, 9.17) is 0 Å². The molecular formula is C9H17NS. The van der Waals surface area contributed by atoms with Gasteiger partial charge in [0.25, 0.3) is 0 Å². The Morgan fingerprint density at radius 2 is 2.09 bits per heavy atom. The van der Waals surface area contributed by atoms with Gasteiger partial charge in [0.05, 0.1) is 0 Å². The molecule has 1 aliphatic carbocycles. The van der Waals surface area contributed by atoms with E-state index >= 15 is 0 Å². The van der Waals surface area contributed by atoms with E-state index in [1.165, 1.54) is 44.5 Å². The molecule has 1 heterocycles. The highest BCUT2D eigenvalue weighted by atomic mass is 32.2. The van der Waals surface area contributed by atoms with Gasteiger partial charge in [-0.05, 0) is 43.9 Å². The lowest BCUT2D eigenvalue weighted by molar-refractivity contribution is 0.612. The third-order valence-corrected chi connectivity index (χ3v) is 3.92. The Morgan fingerprint density at radius 3 is 2.73 bits per heavy atom. The molecule has 0 amide bonds. The maximum absolute atomic E-state index is 3.57. The average Bonchev–Trinajstić information content (AvgIpc) is 2.66. The SMILES string of the molecule is C1CSC(CNCC2CC2)C1. The highest BCUT2D eigenvalue weighted by molar-refractivity contribution is 8.00. The summed E-state index contributed by atoms with van der Waals surface area (Å²) in [7, 11) is 0. The number of hydrogen-bond donors (Lipinski definition) is 1. The first-order chi connectivity index (χ1) is 5.45. The summed E-state index contributed by atoms with van der Waals surface area (Å²) in [6, 6.07) is 0. The van der Waals surface area contributed by atoms with Crippen molar-refractivity contribution in [1.82, 2.24) is 5.32 Å². The van der Waals surface area contributed by atoms with E-state index in [9.17, 15) is 0 Å². The summed E-state index contributed by atoms with van der Waals surface area (Å²) >= 11 is 2.15. The van der Waals surface area contributed by atoms with Crippen molar-refractivity contribution >= 4 is 11.8 Å². The second-order valence-electron chi connectivity index (χ2n) is 3.74. The fraction of sp³-hybridized carbons (Fsp3) is 1.00. The number of rotatable bonds is 4. The Hall–Kier alpha value is 0.310. The van der Waals surface area contributed by atoms with Crippen LogP contribution in [-0.4, -0.2) is 24.1 Å². The van der Waals surface area contributed by atoms with Crippen molar-refractivity contribution in [2.75, 3.05) is 18.8 Å². The van der Waals surface area contributed by atoms with Crippen molar-refractivity contribution in [3.05, 3.63) is 0 Å². The maximum atomic E-state index is 3.57. The molecule has 0 spiro atoms. The first kappa shape index (κ1) is 7.93. The van der Waals surface area contributed by atoms with Crippen LogP contribution in [0.2, 0.25) is 0 Å². The molecule has 1 saturated carbocycles.